The average molecular weight is 425 g/mol. The van der Waals surface area contributed by atoms with Gasteiger partial charge in [-0.3, -0.25) is 9.48 Å². The number of halogens is 2. The van der Waals surface area contributed by atoms with E-state index in [1.54, 1.807) is 23.0 Å². The van der Waals surface area contributed by atoms with Gasteiger partial charge in [-0.1, -0.05) is 34.1 Å². The molecule has 0 saturated heterocycles. The molecule has 0 aliphatic heterocycles. The molecule has 1 amide bonds. The minimum absolute atomic E-state index is 0.118. The highest BCUT2D eigenvalue weighted by Gasteiger charge is 2.16. The maximum atomic E-state index is 14.1. The van der Waals surface area contributed by atoms with E-state index in [-0.39, 0.29) is 5.69 Å². The van der Waals surface area contributed by atoms with E-state index in [4.69, 9.17) is 0 Å². The van der Waals surface area contributed by atoms with Gasteiger partial charge in [0.05, 0.1) is 28.7 Å². The number of nitrogens with one attached hydrogen (secondary N) is 1. The number of hydrogen-bond donors (Lipinski definition) is 1. The van der Waals surface area contributed by atoms with Gasteiger partial charge in [0, 0.05) is 28.7 Å². The summed E-state index contributed by atoms with van der Waals surface area (Å²) in [4.78, 5) is 17.5. The summed E-state index contributed by atoms with van der Waals surface area (Å²) in [7, 11) is 1.81. The topological polar surface area (TPSA) is 59.8 Å². The highest BCUT2D eigenvalue weighted by atomic mass is 79.9. The summed E-state index contributed by atoms with van der Waals surface area (Å²) in [6.45, 7) is 0. The quantitative estimate of drug-likeness (QED) is 0.514. The third kappa shape index (κ3) is 3.46. The van der Waals surface area contributed by atoms with Gasteiger partial charge in [0.25, 0.3) is 5.91 Å². The highest BCUT2D eigenvalue weighted by molar-refractivity contribution is 9.10. The van der Waals surface area contributed by atoms with Crippen molar-refractivity contribution >= 4 is 38.4 Å². The van der Waals surface area contributed by atoms with Gasteiger partial charge in [-0.25, -0.2) is 9.37 Å². The molecule has 0 atom stereocenters. The Hall–Kier alpha value is -3.06. The number of anilines is 1. The average Bonchev–Trinajstić information content (AvgIpc) is 3.09. The number of aryl methyl sites for hydroxylation is 1. The first kappa shape index (κ1) is 17.4. The SMILES string of the molecule is Cn1cc(-c2cc(C(=O)Nc3ccc(Br)cc3F)c3ccccc3n2)cn1. The second-order valence-electron chi connectivity index (χ2n) is 6.05. The lowest BCUT2D eigenvalue weighted by atomic mass is 10.0. The minimum Gasteiger partial charge on any atom is -0.319 e. The molecular weight excluding hydrogens is 411 g/mol. The molecule has 0 unspecified atom stereocenters. The van der Waals surface area contributed by atoms with E-state index in [0.29, 0.717) is 26.6 Å². The molecule has 0 bridgehead atoms. The maximum Gasteiger partial charge on any atom is 0.256 e. The van der Waals surface area contributed by atoms with Crippen LogP contribution in [0.25, 0.3) is 22.2 Å². The molecule has 0 spiro atoms. The predicted octanol–water partition coefficient (Wildman–Crippen LogP) is 4.79. The van der Waals surface area contributed by atoms with Crippen LogP contribution in [0.2, 0.25) is 0 Å². The number of amides is 1. The normalized spacial score (nSPS) is 10.9. The monoisotopic (exact) mass is 424 g/mol. The number of carbonyl (C=O) groups is 1. The number of carbonyl (C=O) groups excluding carboxylic acids is 1. The summed E-state index contributed by atoms with van der Waals surface area (Å²) in [5.74, 6) is -0.913. The van der Waals surface area contributed by atoms with Crippen molar-refractivity contribution in [3.63, 3.8) is 0 Å². The van der Waals surface area contributed by atoms with Crippen molar-refractivity contribution in [3.8, 4) is 11.3 Å². The van der Waals surface area contributed by atoms with Crippen LogP contribution in [0, 0.1) is 5.82 Å². The van der Waals surface area contributed by atoms with Crippen molar-refractivity contribution < 1.29 is 9.18 Å². The molecule has 5 nitrogen and oxygen atoms in total. The lowest BCUT2D eigenvalue weighted by molar-refractivity contribution is 0.102. The fourth-order valence-electron chi connectivity index (χ4n) is 2.85. The number of benzene rings is 2. The van der Waals surface area contributed by atoms with E-state index in [0.717, 1.165) is 5.56 Å². The molecule has 134 valence electrons. The van der Waals surface area contributed by atoms with Crippen molar-refractivity contribution in [3.05, 3.63) is 76.8 Å². The molecule has 2 heterocycles. The van der Waals surface area contributed by atoms with E-state index >= 15 is 0 Å². The summed E-state index contributed by atoms with van der Waals surface area (Å²) in [6, 6.07) is 13.6. The van der Waals surface area contributed by atoms with Gasteiger partial charge in [-0.05, 0) is 30.3 Å². The van der Waals surface area contributed by atoms with Crippen LogP contribution in [-0.2, 0) is 7.05 Å². The molecule has 0 saturated carbocycles. The zero-order valence-electron chi connectivity index (χ0n) is 14.3. The van der Waals surface area contributed by atoms with Gasteiger partial charge in [0.15, 0.2) is 0 Å². The zero-order chi connectivity index (χ0) is 19.0. The van der Waals surface area contributed by atoms with Crippen LogP contribution in [0.15, 0.2) is 65.4 Å². The van der Waals surface area contributed by atoms with Crippen molar-refractivity contribution in [2.75, 3.05) is 5.32 Å². The summed E-state index contributed by atoms with van der Waals surface area (Å²) in [6.07, 6.45) is 3.51. The number of fused-ring (bicyclic) bond motifs is 1. The Morgan fingerprint density at radius 1 is 1.19 bits per heavy atom. The van der Waals surface area contributed by atoms with E-state index in [1.165, 1.54) is 12.1 Å². The Morgan fingerprint density at radius 3 is 2.74 bits per heavy atom. The Kier molecular flexibility index (Phi) is 4.45. The molecule has 0 aliphatic carbocycles. The lowest BCUT2D eigenvalue weighted by Gasteiger charge is -2.10. The van der Waals surface area contributed by atoms with E-state index in [1.807, 2.05) is 37.5 Å². The molecule has 27 heavy (non-hydrogen) atoms. The number of aromatic nitrogens is 3. The predicted molar refractivity (Wildman–Crippen MR) is 106 cm³/mol. The Labute approximate surface area is 163 Å². The standard InChI is InChI=1S/C20H14BrFN4O/c1-26-11-12(10-23-26)19-9-15(14-4-2-3-5-17(14)24-19)20(27)25-18-7-6-13(21)8-16(18)22/h2-11H,1H3,(H,25,27). The van der Waals surface area contributed by atoms with Crippen molar-refractivity contribution in [1.29, 1.82) is 0 Å². The minimum atomic E-state index is -0.511. The maximum absolute atomic E-state index is 14.1. The molecule has 2 aromatic heterocycles. The van der Waals surface area contributed by atoms with Gasteiger partial charge in [0.1, 0.15) is 5.82 Å². The first-order valence-corrected chi connectivity index (χ1v) is 8.96. The smallest absolute Gasteiger partial charge is 0.256 e. The summed E-state index contributed by atoms with van der Waals surface area (Å²) < 4.78 is 16.4. The van der Waals surface area contributed by atoms with Gasteiger partial charge in [-0.2, -0.15) is 5.10 Å². The van der Waals surface area contributed by atoms with Crippen molar-refractivity contribution in [1.82, 2.24) is 14.8 Å². The summed E-state index contributed by atoms with van der Waals surface area (Å²) in [5, 5.41) is 7.50. The van der Waals surface area contributed by atoms with Crippen LogP contribution in [-0.4, -0.2) is 20.7 Å². The van der Waals surface area contributed by atoms with Gasteiger partial charge >= 0.3 is 0 Å². The number of hydrogen-bond acceptors (Lipinski definition) is 3. The van der Waals surface area contributed by atoms with Crippen LogP contribution in [0.4, 0.5) is 10.1 Å². The Bertz CT molecular complexity index is 1170. The first-order valence-electron chi connectivity index (χ1n) is 8.16. The Balaban J connectivity index is 1.80. The summed E-state index contributed by atoms with van der Waals surface area (Å²) >= 11 is 3.21. The lowest BCUT2D eigenvalue weighted by Crippen LogP contribution is -2.14. The van der Waals surface area contributed by atoms with Gasteiger partial charge < -0.3 is 5.32 Å². The fourth-order valence-corrected chi connectivity index (χ4v) is 3.18. The molecule has 4 aromatic rings. The number of para-hydroxylation sites is 1. The number of rotatable bonds is 3. The largest absolute Gasteiger partial charge is 0.319 e. The molecule has 4 rings (SSSR count). The van der Waals surface area contributed by atoms with Crippen LogP contribution in [0.5, 0.6) is 0 Å². The molecule has 0 fully saturated rings. The van der Waals surface area contributed by atoms with E-state index in [2.05, 4.69) is 31.3 Å². The van der Waals surface area contributed by atoms with Gasteiger partial charge in [-0.15, -0.1) is 0 Å². The first-order chi connectivity index (χ1) is 13.0. The van der Waals surface area contributed by atoms with Crippen LogP contribution in [0.3, 0.4) is 0 Å². The van der Waals surface area contributed by atoms with Crippen LogP contribution >= 0.6 is 15.9 Å². The Morgan fingerprint density at radius 2 is 2.00 bits per heavy atom. The molecule has 0 aliphatic rings. The van der Waals surface area contributed by atoms with Crippen molar-refractivity contribution in [2.45, 2.75) is 0 Å². The second kappa shape index (κ2) is 6.92. The molecule has 0 radical (unpaired) electrons. The zero-order valence-corrected chi connectivity index (χ0v) is 15.9. The van der Waals surface area contributed by atoms with Gasteiger partial charge in [0.2, 0.25) is 0 Å². The number of pyridine rings is 1. The van der Waals surface area contributed by atoms with Crippen LogP contribution in [0.1, 0.15) is 10.4 Å². The fraction of sp³-hybridized carbons (Fsp3) is 0.0500. The molecule has 1 N–H and O–H groups in total. The van der Waals surface area contributed by atoms with Crippen molar-refractivity contribution in [2.24, 2.45) is 7.05 Å². The molecule has 7 heteroatoms. The number of nitrogens with zero attached hydrogens (tertiary/aromatic N) is 3. The third-order valence-corrected chi connectivity index (χ3v) is 4.63. The summed E-state index contributed by atoms with van der Waals surface area (Å²) in [5.41, 5.74) is 2.64. The van der Waals surface area contributed by atoms with E-state index < -0.39 is 11.7 Å². The molecule has 2 aromatic carbocycles. The highest BCUT2D eigenvalue weighted by Crippen LogP contribution is 2.26. The third-order valence-electron chi connectivity index (χ3n) is 4.14. The second-order valence-corrected chi connectivity index (χ2v) is 6.97. The molecular formula is C20H14BrFN4O. The van der Waals surface area contributed by atoms with E-state index in [9.17, 15) is 9.18 Å². The van der Waals surface area contributed by atoms with Crippen LogP contribution < -0.4 is 5.32 Å².